The number of thioether (sulfide) groups is 1. The lowest BCUT2D eigenvalue weighted by atomic mass is 10.2. The molecule has 0 spiro atoms. The van der Waals surface area contributed by atoms with Crippen molar-refractivity contribution in [2.24, 2.45) is 0 Å². The molecule has 6 nitrogen and oxygen atoms in total. The monoisotopic (exact) mass is 485 g/mol. The molecule has 0 aliphatic carbocycles. The molecule has 0 atom stereocenters. The summed E-state index contributed by atoms with van der Waals surface area (Å²) in [5, 5.41) is 0.610. The minimum atomic E-state index is -0.368. The van der Waals surface area contributed by atoms with Gasteiger partial charge in [0.25, 0.3) is 0 Å². The lowest BCUT2D eigenvalue weighted by molar-refractivity contribution is -0.141. The number of anilines is 1. The van der Waals surface area contributed by atoms with Crippen LogP contribution in [0.1, 0.15) is 5.56 Å². The molecule has 2 aromatic carbocycles. The van der Waals surface area contributed by atoms with E-state index in [1.807, 2.05) is 47.4 Å². The van der Waals surface area contributed by atoms with Gasteiger partial charge in [0.15, 0.2) is 5.16 Å². The molecule has 154 valence electrons. The van der Waals surface area contributed by atoms with E-state index >= 15 is 0 Å². The number of para-hydroxylation sites is 1. The van der Waals surface area contributed by atoms with Gasteiger partial charge in [-0.25, -0.2) is 4.98 Å². The fourth-order valence-corrected chi connectivity index (χ4v) is 4.59. The zero-order valence-electron chi connectivity index (χ0n) is 16.4. The Kier molecular flexibility index (Phi) is 6.24. The Morgan fingerprint density at radius 2 is 1.93 bits per heavy atom. The van der Waals surface area contributed by atoms with Crippen molar-refractivity contribution in [1.29, 1.82) is 0 Å². The molecule has 4 rings (SSSR count). The highest BCUT2D eigenvalue weighted by Crippen LogP contribution is 2.30. The van der Waals surface area contributed by atoms with Gasteiger partial charge in [-0.15, -0.1) is 0 Å². The molecule has 0 bridgehead atoms. The first kappa shape index (κ1) is 20.7. The standard InChI is InChI=1S/C22H20BrN3O3S/c1-29-21(28)13-26-19(16-6-8-17(23)9-7-16)12-24-22(26)30-14-20(27)25-11-10-15-4-2-3-5-18(15)25/h2-9,12H,10-11,13-14H2,1H3. The van der Waals surface area contributed by atoms with Crippen molar-refractivity contribution in [2.45, 2.75) is 18.1 Å². The fourth-order valence-electron chi connectivity index (χ4n) is 3.47. The summed E-state index contributed by atoms with van der Waals surface area (Å²) < 4.78 is 7.62. The van der Waals surface area contributed by atoms with Crippen molar-refractivity contribution in [2.75, 3.05) is 24.3 Å². The van der Waals surface area contributed by atoms with Crippen LogP contribution in [0.25, 0.3) is 11.3 Å². The van der Waals surface area contributed by atoms with Gasteiger partial charge in [-0.2, -0.15) is 0 Å². The molecule has 0 saturated heterocycles. The van der Waals surface area contributed by atoms with Crippen LogP contribution >= 0.6 is 27.7 Å². The van der Waals surface area contributed by atoms with Crippen LogP contribution in [0, 0.1) is 0 Å². The lowest BCUT2D eigenvalue weighted by Crippen LogP contribution is -2.30. The van der Waals surface area contributed by atoms with Gasteiger partial charge in [0, 0.05) is 16.7 Å². The number of benzene rings is 2. The van der Waals surface area contributed by atoms with Gasteiger partial charge in [0.2, 0.25) is 5.91 Å². The van der Waals surface area contributed by atoms with E-state index in [0.29, 0.717) is 11.7 Å². The second-order valence-electron chi connectivity index (χ2n) is 6.81. The molecular weight excluding hydrogens is 466 g/mol. The van der Waals surface area contributed by atoms with Gasteiger partial charge in [0.1, 0.15) is 6.54 Å². The van der Waals surface area contributed by atoms with E-state index in [1.165, 1.54) is 24.4 Å². The number of carbonyl (C=O) groups is 2. The number of methoxy groups -OCH3 is 1. The Hall–Kier alpha value is -2.58. The molecule has 1 amide bonds. The molecule has 30 heavy (non-hydrogen) atoms. The van der Waals surface area contributed by atoms with E-state index in [9.17, 15) is 9.59 Å². The first-order chi connectivity index (χ1) is 14.6. The van der Waals surface area contributed by atoms with E-state index in [4.69, 9.17) is 4.74 Å². The number of carbonyl (C=O) groups excluding carboxylic acids is 2. The van der Waals surface area contributed by atoms with Crippen LogP contribution in [0.15, 0.2) is 64.4 Å². The molecule has 3 aromatic rings. The smallest absolute Gasteiger partial charge is 0.325 e. The number of hydrogen-bond acceptors (Lipinski definition) is 5. The fraction of sp³-hybridized carbons (Fsp3) is 0.227. The van der Waals surface area contributed by atoms with Crippen molar-refractivity contribution < 1.29 is 14.3 Å². The van der Waals surface area contributed by atoms with Gasteiger partial charge in [-0.1, -0.05) is 58.0 Å². The highest BCUT2D eigenvalue weighted by atomic mass is 79.9. The van der Waals surface area contributed by atoms with Crippen LogP contribution in [0.4, 0.5) is 5.69 Å². The minimum Gasteiger partial charge on any atom is -0.468 e. The average Bonchev–Trinajstić information content (AvgIpc) is 3.37. The number of halogens is 1. The Balaban J connectivity index is 1.54. The van der Waals surface area contributed by atoms with Crippen LogP contribution < -0.4 is 4.90 Å². The Morgan fingerprint density at radius 3 is 2.70 bits per heavy atom. The number of ether oxygens (including phenoxy) is 1. The van der Waals surface area contributed by atoms with E-state index in [1.54, 1.807) is 10.8 Å². The molecule has 0 saturated carbocycles. The number of rotatable bonds is 6. The van der Waals surface area contributed by atoms with Gasteiger partial charge in [-0.05, 0) is 35.7 Å². The SMILES string of the molecule is COC(=O)Cn1c(-c2ccc(Br)cc2)cnc1SCC(=O)N1CCc2ccccc21. The second-order valence-corrected chi connectivity index (χ2v) is 8.67. The summed E-state index contributed by atoms with van der Waals surface area (Å²) in [4.78, 5) is 31.2. The van der Waals surface area contributed by atoms with Crippen molar-refractivity contribution >= 4 is 45.3 Å². The summed E-state index contributed by atoms with van der Waals surface area (Å²) in [5.74, 6) is -0.0949. The molecule has 0 fully saturated rings. The summed E-state index contributed by atoms with van der Waals surface area (Å²) in [5.41, 5.74) is 3.91. The number of nitrogens with zero attached hydrogens (tertiary/aromatic N) is 3. The maximum absolute atomic E-state index is 12.9. The summed E-state index contributed by atoms with van der Waals surface area (Å²) in [6, 6.07) is 15.8. The van der Waals surface area contributed by atoms with Crippen molar-refractivity contribution in [3.8, 4) is 11.3 Å². The van der Waals surface area contributed by atoms with E-state index in [2.05, 4.69) is 27.0 Å². The Bertz CT molecular complexity index is 1080. The number of esters is 1. The van der Waals surface area contributed by atoms with Crippen molar-refractivity contribution in [3.05, 3.63) is 64.8 Å². The maximum atomic E-state index is 12.9. The van der Waals surface area contributed by atoms with Crippen LogP contribution in [-0.2, 0) is 27.3 Å². The number of hydrogen-bond donors (Lipinski definition) is 0. The highest BCUT2D eigenvalue weighted by molar-refractivity contribution is 9.10. The van der Waals surface area contributed by atoms with Crippen LogP contribution in [0.5, 0.6) is 0 Å². The number of imidazole rings is 1. The molecule has 0 unspecified atom stereocenters. The highest BCUT2D eigenvalue weighted by Gasteiger charge is 2.25. The van der Waals surface area contributed by atoms with Crippen LogP contribution in [0.2, 0.25) is 0 Å². The molecule has 1 aromatic heterocycles. The number of amides is 1. The normalized spacial score (nSPS) is 12.7. The zero-order chi connectivity index (χ0) is 21.1. The van der Waals surface area contributed by atoms with Crippen molar-refractivity contribution in [1.82, 2.24) is 9.55 Å². The third-order valence-corrected chi connectivity index (χ3v) is 6.49. The minimum absolute atomic E-state index is 0.0303. The quantitative estimate of drug-likeness (QED) is 0.387. The van der Waals surface area contributed by atoms with Gasteiger partial charge in [0.05, 0.1) is 24.8 Å². The lowest BCUT2D eigenvalue weighted by Gasteiger charge is -2.17. The maximum Gasteiger partial charge on any atom is 0.325 e. The van der Waals surface area contributed by atoms with Gasteiger partial charge in [-0.3, -0.25) is 9.59 Å². The molecule has 1 aliphatic rings. The van der Waals surface area contributed by atoms with Crippen molar-refractivity contribution in [3.63, 3.8) is 0 Å². The van der Waals surface area contributed by atoms with Crippen LogP contribution in [0.3, 0.4) is 0 Å². The topological polar surface area (TPSA) is 64.4 Å². The van der Waals surface area contributed by atoms with Gasteiger partial charge < -0.3 is 14.2 Å². The molecule has 8 heteroatoms. The van der Waals surface area contributed by atoms with Crippen LogP contribution in [-0.4, -0.2) is 40.8 Å². The summed E-state index contributed by atoms with van der Waals surface area (Å²) in [6.45, 7) is 0.727. The summed E-state index contributed by atoms with van der Waals surface area (Å²) in [6.07, 6.45) is 2.60. The second kappa shape index (κ2) is 9.06. The molecule has 0 N–H and O–H groups in total. The average molecular weight is 486 g/mol. The van der Waals surface area contributed by atoms with Gasteiger partial charge >= 0.3 is 5.97 Å². The summed E-state index contributed by atoms with van der Waals surface area (Å²) in [7, 11) is 1.36. The predicted octanol–water partition coefficient (Wildman–Crippen LogP) is 4.17. The molecule has 2 heterocycles. The van der Waals surface area contributed by atoms with E-state index in [-0.39, 0.29) is 24.2 Å². The zero-order valence-corrected chi connectivity index (χ0v) is 18.8. The largest absolute Gasteiger partial charge is 0.468 e. The van der Waals surface area contributed by atoms with E-state index in [0.717, 1.165) is 27.8 Å². The molecule has 0 radical (unpaired) electrons. The first-order valence-electron chi connectivity index (χ1n) is 9.46. The predicted molar refractivity (Wildman–Crippen MR) is 121 cm³/mol. The number of fused-ring (bicyclic) bond motifs is 1. The van der Waals surface area contributed by atoms with E-state index < -0.39 is 0 Å². The Morgan fingerprint density at radius 1 is 1.17 bits per heavy atom. The molecular formula is C22H20BrN3O3S. The Labute approximate surface area is 187 Å². The summed E-state index contributed by atoms with van der Waals surface area (Å²) >= 11 is 4.77. The number of aromatic nitrogens is 2. The third kappa shape index (κ3) is 4.29. The third-order valence-electron chi connectivity index (χ3n) is 4.99. The first-order valence-corrected chi connectivity index (χ1v) is 11.2. The molecule has 1 aliphatic heterocycles.